The van der Waals surface area contributed by atoms with Crippen LogP contribution in [0.4, 0.5) is 5.69 Å². The number of nitrogens with one attached hydrogen (secondary N) is 2. The van der Waals surface area contributed by atoms with Crippen LogP contribution < -0.4 is 20.1 Å². The van der Waals surface area contributed by atoms with Crippen LogP contribution in [0.25, 0.3) is 0 Å². The summed E-state index contributed by atoms with van der Waals surface area (Å²) in [5, 5.41) is 7.61. The van der Waals surface area contributed by atoms with Gasteiger partial charge in [-0.2, -0.15) is 0 Å². The van der Waals surface area contributed by atoms with E-state index in [0.29, 0.717) is 22.7 Å². The molecule has 1 aromatic heterocycles. The number of fused-ring (bicyclic) bond motifs is 1. The minimum atomic E-state index is -0.806. The molecule has 0 bridgehead atoms. The van der Waals surface area contributed by atoms with Crippen molar-refractivity contribution in [3.8, 4) is 11.5 Å². The normalized spacial score (nSPS) is 13.0. The quantitative estimate of drug-likeness (QED) is 0.671. The highest BCUT2D eigenvalue weighted by atomic mass is 32.1. The van der Waals surface area contributed by atoms with Crippen molar-refractivity contribution in [2.24, 2.45) is 0 Å². The van der Waals surface area contributed by atoms with Crippen LogP contribution in [0.5, 0.6) is 11.5 Å². The van der Waals surface area contributed by atoms with Gasteiger partial charge in [-0.05, 0) is 29.1 Å². The van der Waals surface area contributed by atoms with Crippen molar-refractivity contribution in [3.63, 3.8) is 0 Å². The fourth-order valence-electron chi connectivity index (χ4n) is 2.92. The van der Waals surface area contributed by atoms with E-state index >= 15 is 0 Å². The molecule has 0 spiro atoms. The Hall–Kier alpha value is -3.32. The second-order valence-electron chi connectivity index (χ2n) is 6.22. The summed E-state index contributed by atoms with van der Waals surface area (Å²) < 4.78 is 10.6. The second kappa shape index (κ2) is 8.14. The number of carbonyl (C=O) groups is 2. The van der Waals surface area contributed by atoms with Gasteiger partial charge in [0.25, 0.3) is 5.91 Å². The van der Waals surface area contributed by atoms with Gasteiger partial charge in [-0.25, -0.2) is 0 Å². The fourth-order valence-corrected chi connectivity index (χ4v) is 3.62. The molecule has 0 fully saturated rings. The highest BCUT2D eigenvalue weighted by molar-refractivity contribution is 7.10. The molecule has 2 amide bonds. The van der Waals surface area contributed by atoms with Crippen molar-refractivity contribution in [1.29, 1.82) is 0 Å². The molecule has 0 saturated carbocycles. The summed E-state index contributed by atoms with van der Waals surface area (Å²) in [6.07, 6.45) is 0.234. The number of amides is 2. The van der Waals surface area contributed by atoms with Crippen LogP contribution in [0.2, 0.25) is 0 Å². The molecule has 0 saturated heterocycles. The van der Waals surface area contributed by atoms with Gasteiger partial charge in [-0.1, -0.05) is 36.4 Å². The number of hydrogen-bond donors (Lipinski definition) is 2. The summed E-state index contributed by atoms with van der Waals surface area (Å²) in [4.78, 5) is 26.4. The molecule has 0 radical (unpaired) electrons. The van der Waals surface area contributed by atoms with Gasteiger partial charge < -0.3 is 20.1 Å². The van der Waals surface area contributed by atoms with E-state index in [9.17, 15) is 9.59 Å². The molecule has 2 heterocycles. The van der Waals surface area contributed by atoms with Gasteiger partial charge in [-0.3, -0.25) is 9.59 Å². The summed E-state index contributed by atoms with van der Waals surface area (Å²) in [6.45, 7) is 0.165. The lowest BCUT2D eigenvalue weighted by molar-refractivity contribution is -0.126. The first kappa shape index (κ1) is 18.1. The Kier molecular flexibility index (Phi) is 5.25. The number of benzene rings is 2. The van der Waals surface area contributed by atoms with Crippen molar-refractivity contribution in [2.45, 2.75) is 12.5 Å². The molecule has 1 aliphatic heterocycles. The van der Waals surface area contributed by atoms with Crippen LogP contribution in [0.3, 0.4) is 0 Å². The van der Waals surface area contributed by atoms with Gasteiger partial charge in [-0.15, -0.1) is 11.3 Å². The molecule has 6 nitrogen and oxygen atoms in total. The number of anilines is 1. The fraction of sp³-hybridized carbons (Fsp3) is 0.143. The highest BCUT2D eigenvalue weighted by Gasteiger charge is 2.24. The monoisotopic (exact) mass is 394 g/mol. The first-order chi connectivity index (χ1) is 13.7. The Bertz CT molecular complexity index is 973. The lowest BCUT2D eigenvalue weighted by Crippen LogP contribution is -2.37. The third-order valence-electron chi connectivity index (χ3n) is 4.26. The van der Waals surface area contributed by atoms with Crippen LogP contribution in [0.1, 0.15) is 16.5 Å². The van der Waals surface area contributed by atoms with Crippen LogP contribution in [0, 0.1) is 0 Å². The summed E-state index contributed by atoms with van der Waals surface area (Å²) >= 11 is 1.51. The zero-order chi connectivity index (χ0) is 19.3. The van der Waals surface area contributed by atoms with Crippen molar-refractivity contribution in [3.05, 3.63) is 76.5 Å². The van der Waals surface area contributed by atoms with Crippen LogP contribution in [-0.2, 0) is 16.0 Å². The van der Waals surface area contributed by atoms with Crippen molar-refractivity contribution in [1.82, 2.24) is 5.32 Å². The first-order valence-electron chi connectivity index (χ1n) is 8.76. The Morgan fingerprint density at radius 3 is 2.61 bits per heavy atom. The number of ether oxygens (including phenoxy) is 2. The number of hydrogen-bond acceptors (Lipinski definition) is 5. The zero-order valence-corrected chi connectivity index (χ0v) is 15.7. The maximum Gasteiger partial charge on any atom is 0.251 e. The Morgan fingerprint density at radius 2 is 1.82 bits per heavy atom. The third kappa shape index (κ3) is 4.15. The maximum atomic E-state index is 13.0. The topological polar surface area (TPSA) is 76.7 Å². The summed E-state index contributed by atoms with van der Waals surface area (Å²) in [5.74, 6) is 0.680. The molecular formula is C21H18N2O4S. The number of rotatable bonds is 6. The largest absolute Gasteiger partial charge is 0.454 e. The van der Waals surface area contributed by atoms with Crippen LogP contribution in [-0.4, -0.2) is 18.6 Å². The van der Waals surface area contributed by atoms with Gasteiger partial charge >= 0.3 is 0 Å². The average Bonchev–Trinajstić information content (AvgIpc) is 3.38. The van der Waals surface area contributed by atoms with Crippen LogP contribution in [0.15, 0.2) is 66.0 Å². The summed E-state index contributed by atoms with van der Waals surface area (Å²) in [6, 6.07) is 17.3. The van der Waals surface area contributed by atoms with Gasteiger partial charge in [0.1, 0.15) is 6.04 Å². The molecule has 0 aliphatic carbocycles. The molecular weight excluding hydrogens is 376 g/mol. The molecule has 142 valence electrons. The SMILES string of the molecule is O=C(Cc1cccs1)N[C@H](C(=O)Nc1ccc2c(c1)OCO2)c1ccccc1. The molecule has 0 unspecified atom stereocenters. The van der Waals surface area contributed by atoms with E-state index in [-0.39, 0.29) is 25.0 Å². The van der Waals surface area contributed by atoms with Gasteiger partial charge in [0.05, 0.1) is 6.42 Å². The van der Waals surface area contributed by atoms with E-state index in [0.717, 1.165) is 4.88 Å². The van der Waals surface area contributed by atoms with E-state index in [1.807, 2.05) is 47.8 Å². The maximum absolute atomic E-state index is 13.0. The predicted octanol–water partition coefficient (Wildman–Crippen LogP) is 3.52. The van der Waals surface area contributed by atoms with E-state index in [1.54, 1.807) is 18.2 Å². The minimum absolute atomic E-state index is 0.165. The molecule has 3 aromatic rings. The van der Waals surface area contributed by atoms with Crippen molar-refractivity contribution in [2.75, 3.05) is 12.1 Å². The summed E-state index contributed by atoms with van der Waals surface area (Å²) in [7, 11) is 0. The second-order valence-corrected chi connectivity index (χ2v) is 7.26. The lowest BCUT2D eigenvalue weighted by atomic mass is 10.1. The minimum Gasteiger partial charge on any atom is -0.454 e. The zero-order valence-electron chi connectivity index (χ0n) is 14.9. The molecule has 7 heteroatoms. The molecule has 28 heavy (non-hydrogen) atoms. The Labute approximate surface area is 166 Å². The molecule has 2 aromatic carbocycles. The van der Waals surface area contributed by atoms with Gasteiger partial charge in [0.15, 0.2) is 11.5 Å². The standard InChI is InChI=1S/C21H18N2O4S/c24-19(12-16-7-4-10-28-16)23-20(14-5-2-1-3-6-14)21(25)22-15-8-9-17-18(11-15)27-13-26-17/h1-11,20H,12-13H2,(H,22,25)(H,23,24)/t20-/m0/s1. The first-order valence-corrected chi connectivity index (χ1v) is 9.64. The molecule has 4 rings (SSSR count). The summed E-state index contributed by atoms with van der Waals surface area (Å²) in [5.41, 5.74) is 1.28. The van der Waals surface area contributed by atoms with Crippen molar-refractivity contribution < 1.29 is 19.1 Å². The van der Waals surface area contributed by atoms with Crippen molar-refractivity contribution >= 4 is 28.8 Å². The van der Waals surface area contributed by atoms with E-state index in [1.165, 1.54) is 11.3 Å². The Balaban J connectivity index is 1.51. The van der Waals surface area contributed by atoms with E-state index in [4.69, 9.17) is 9.47 Å². The number of carbonyl (C=O) groups excluding carboxylic acids is 2. The Morgan fingerprint density at radius 1 is 1.00 bits per heavy atom. The average molecular weight is 394 g/mol. The molecule has 2 N–H and O–H groups in total. The van der Waals surface area contributed by atoms with Gasteiger partial charge in [0.2, 0.25) is 12.7 Å². The van der Waals surface area contributed by atoms with E-state index < -0.39 is 6.04 Å². The molecule has 1 aliphatic rings. The lowest BCUT2D eigenvalue weighted by Gasteiger charge is -2.19. The third-order valence-corrected chi connectivity index (χ3v) is 5.13. The van der Waals surface area contributed by atoms with Crippen LogP contribution >= 0.6 is 11.3 Å². The predicted molar refractivity (Wildman–Crippen MR) is 107 cm³/mol. The smallest absolute Gasteiger partial charge is 0.251 e. The van der Waals surface area contributed by atoms with E-state index in [2.05, 4.69) is 10.6 Å². The number of thiophene rings is 1. The molecule has 1 atom stereocenters. The highest BCUT2D eigenvalue weighted by Crippen LogP contribution is 2.34. The van der Waals surface area contributed by atoms with Gasteiger partial charge in [0, 0.05) is 16.6 Å².